The quantitative estimate of drug-likeness (QED) is 0.813. The number of amides is 1. The summed E-state index contributed by atoms with van der Waals surface area (Å²) in [5.74, 6) is 0.849. The van der Waals surface area contributed by atoms with Crippen LogP contribution in [0, 0.1) is 5.92 Å². The first-order valence-corrected chi connectivity index (χ1v) is 9.04. The summed E-state index contributed by atoms with van der Waals surface area (Å²) in [5, 5.41) is 6.18. The minimum atomic E-state index is 0.0445. The van der Waals surface area contributed by atoms with Crippen molar-refractivity contribution in [3.05, 3.63) is 29.8 Å². The van der Waals surface area contributed by atoms with Gasteiger partial charge in [0, 0.05) is 18.3 Å². The number of piperidine rings is 1. The van der Waals surface area contributed by atoms with E-state index in [1.807, 2.05) is 12.1 Å². The van der Waals surface area contributed by atoms with E-state index in [1.165, 1.54) is 44.2 Å². The Morgan fingerprint density at radius 1 is 1.17 bits per heavy atom. The highest BCUT2D eigenvalue weighted by molar-refractivity contribution is 5.92. The zero-order valence-corrected chi connectivity index (χ0v) is 14.2. The van der Waals surface area contributed by atoms with Crippen LogP contribution < -0.4 is 10.6 Å². The lowest BCUT2D eigenvalue weighted by atomic mass is 10.0. The van der Waals surface area contributed by atoms with Gasteiger partial charge in [0.05, 0.1) is 6.54 Å². The van der Waals surface area contributed by atoms with E-state index in [1.54, 1.807) is 0 Å². The molecule has 1 aliphatic carbocycles. The predicted octanol–water partition coefficient (Wildman–Crippen LogP) is 3.00. The van der Waals surface area contributed by atoms with E-state index in [2.05, 4.69) is 34.6 Å². The van der Waals surface area contributed by atoms with Crippen molar-refractivity contribution in [2.45, 2.75) is 51.6 Å². The van der Waals surface area contributed by atoms with Gasteiger partial charge in [0.2, 0.25) is 5.91 Å². The van der Waals surface area contributed by atoms with Crippen molar-refractivity contribution in [3.63, 3.8) is 0 Å². The van der Waals surface area contributed by atoms with Gasteiger partial charge in [-0.1, -0.05) is 18.6 Å². The second-order valence-corrected chi connectivity index (χ2v) is 7.13. The van der Waals surface area contributed by atoms with Crippen molar-refractivity contribution in [1.29, 1.82) is 0 Å². The number of nitrogens with zero attached hydrogens (tertiary/aromatic N) is 1. The van der Waals surface area contributed by atoms with Crippen molar-refractivity contribution in [2.24, 2.45) is 5.92 Å². The Morgan fingerprint density at radius 2 is 1.96 bits per heavy atom. The molecule has 1 aliphatic heterocycles. The third-order valence-electron chi connectivity index (χ3n) is 4.98. The van der Waals surface area contributed by atoms with E-state index in [9.17, 15) is 4.79 Å². The fourth-order valence-corrected chi connectivity index (χ4v) is 3.24. The third-order valence-corrected chi connectivity index (χ3v) is 4.98. The van der Waals surface area contributed by atoms with E-state index >= 15 is 0 Å². The first-order valence-electron chi connectivity index (χ1n) is 9.04. The molecule has 1 amide bonds. The molecule has 4 nitrogen and oxygen atoms in total. The number of benzene rings is 1. The summed E-state index contributed by atoms with van der Waals surface area (Å²) in [6.45, 7) is 5.91. The number of carbonyl (C=O) groups excluding carboxylic acids is 1. The van der Waals surface area contributed by atoms with Crippen LogP contribution in [0.15, 0.2) is 24.3 Å². The summed E-state index contributed by atoms with van der Waals surface area (Å²) in [5.41, 5.74) is 2.21. The Bertz CT molecular complexity index is 510. The number of hydrogen-bond donors (Lipinski definition) is 2. The molecular formula is C19H29N3O. The van der Waals surface area contributed by atoms with E-state index in [0.29, 0.717) is 12.6 Å². The average Bonchev–Trinajstić information content (AvgIpc) is 3.36. The fraction of sp³-hybridized carbons (Fsp3) is 0.632. The largest absolute Gasteiger partial charge is 0.325 e. The molecule has 1 saturated heterocycles. The van der Waals surface area contributed by atoms with Crippen LogP contribution in [0.2, 0.25) is 0 Å². The van der Waals surface area contributed by atoms with Crippen LogP contribution >= 0.6 is 0 Å². The molecule has 3 rings (SSSR count). The van der Waals surface area contributed by atoms with E-state index in [0.717, 1.165) is 24.7 Å². The average molecular weight is 315 g/mol. The Kier molecular flexibility index (Phi) is 5.68. The lowest BCUT2D eigenvalue weighted by molar-refractivity contribution is -0.115. The highest BCUT2D eigenvalue weighted by Crippen LogP contribution is 2.27. The Hall–Kier alpha value is -1.39. The van der Waals surface area contributed by atoms with Gasteiger partial charge < -0.3 is 10.6 Å². The Balaban J connectivity index is 1.43. The standard InChI is InChI=1S/C19H29N3O/c1-15-4-2-3-11-22(15)14-17-7-9-18(10-8-17)21-19(23)13-20-12-16-5-6-16/h7-10,15-16,20H,2-6,11-14H2,1H3,(H,21,23). The molecule has 2 aliphatic rings. The van der Waals surface area contributed by atoms with Crippen LogP contribution in [0.3, 0.4) is 0 Å². The lowest BCUT2D eigenvalue weighted by Crippen LogP contribution is -2.36. The molecule has 2 fully saturated rings. The molecule has 0 bridgehead atoms. The van der Waals surface area contributed by atoms with Gasteiger partial charge in [-0.25, -0.2) is 0 Å². The molecule has 4 heteroatoms. The number of likely N-dealkylation sites (tertiary alicyclic amines) is 1. The van der Waals surface area contributed by atoms with Gasteiger partial charge in [-0.3, -0.25) is 9.69 Å². The number of nitrogens with one attached hydrogen (secondary N) is 2. The predicted molar refractivity (Wildman–Crippen MR) is 94.4 cm³/mol. The third kappa shape index (κ3) is 5.33. The van der Waals surface area contributed by atoms with E-state index in [4.69, 9.17) is 0 Å². The molecule has 0 spiro atoms. The van der Waals surface area contributed by atoms with Crippen molar-refractivity contribution in [1.82, 2.24) is 10.2 Å². The van der Waals surface area contributed by atoms with Crippen LogP contribution in [0.5, 0.6) is 0 Å². The molecule has 1 aromatic carbocycles. The van der Waals surface area contributed by atoms with Gasteiger partial charge in [-0.15, -0.1) is 0 Å². The van der Waals surface area contributed by atoms with Crippen molar-refractivity contribution >= 4 is 11.6 Å². The molecule has 2 N–H and O–H groups in total. The van der Waals surface area contributed by atoms with Gasteiger partial charge in [-0.05, 0) is 69.3 Å². The number of hydrogen-bond acceptors (Lipinski definition) is 3. The molecular weight excluding hydrogens is 286 g/mol. The van der Waals surface area contributed by atoms with Crippen LogP contribution in [-0.4, -0.2) is 36.5 Å². The van der Waals surface area contributed by atoms with Crippen molar-refractivity contribution in [3.8, 4) is 0 Å². The SMILES string of the molecule is CC1CCCCN1Cc1ccc(NC(=O)CNCC2CC2)cc1. The van der Waals surface area contributed by atoms with E-state index in [-0.39, 0.29) is 5.91 Å². The zero-order chi connectivity index (χ0) is 16.1. The van der Waals surface area contributed by atoms with Crippen molar-refractivity contribution in [2.75, 3.05) is 25.0 Å². The fourth-order valence-electron chi connectivity index (χ4n) is 3.24. The van der Waals surface area contributed by atoms with Crippen LogP contribution in [0.1, 0.15) is 44.6 Å². The molecule has 1 unspecified atom stereocenters. The van der Waals surface area contributed by atoms with Gasteiger partial charge in [0.1, 0.15) is 0 Å². The Labute approximate surface area is 139 Å². The molecule has 1 aromatic rings. The second kappa shape index (κ2) is 7.93. The van der Waals surface area contributed by atoms with Gasteiger partial charge in [0.25, 0.3) is 0 Å². The monoisotopic (exact) mass is 315 g/mol. The first-order chi connectivity index (χ1) is 11.2. The van der Waals surface area contributed by atoms with Gasteiger partial charge >= 0.3 is 0 Å². The van der Waals surface area contributed by atoms with Crippen LogP contribution in [-0.2, 0) is 11.3 Å². The second-order valence-electron chi connectivity index (χ2n) is 7.13. The number of rotatable bonds is 7. The molecule has 0 radical (unpaired) electrons. The zero-order valence-electron chi connectivity index (χ0n) is 14.2. The maximum atomic E-state index is 11.9. The molecule has 126 valence electrons. The minimum absolute atomic E-state index is 0.0445. The number of carbonyl (C=O) groups is 1. The van der Waals surface area contributed by atoms with Crippen LogP contribution in [0.4, 0.5) is 5.69 Å². The highest BCUT2D eigenvalue weighted by atomic mass is 16.1. The van der Waals surface area contributed by atoms with Gasteiger partial charge in [0.15, 0.2) is 0 Å². The minimum Gasteiger partial charge on any atom is -0.325 e. The number of anilines is 1. The Morgan fingerprint density at radius 3 is 2.65 bits per heavy atom. The molecule has 1 heterocycles. The summed E-state index contributed by atoms with van der Waals surface area (Å²) in [6.07, 6.45) is 6.60. The molecule has 1 saturated carbocycles. The lowest BCUT2D eigenvalue weighted by Gasteiger charge is -2.33. The normalized spacial score (nSPS) is 22.0. The molecule has 23 heavy (non-hydrogen) atoms. The summed E-state index contributed by atoms with van der Waals surface area (Å²) in [6, 6.07) is 8.98. The molecule has 1 atom stereocenters. The molecule has 0 aromatic heterocycles. The topological polar surface area (TPSA) is 44.4 Å². The smallest absolute Gasteiger partial charge is 0.238 e. The van der Waals surface area contributed by atoms with Crippen molar-refractivity contribution < 1.29 is 4.79 Å². The summed E-state index contributed by atoms with van der Waals surface area (Å²) < 4.78 is 0. The van der Waals surface area contributed by atoms with Gasteiger partial charge in [-0.2, -0.15) is 0 Å². The highest BCUT2D eigenvalue weighted by Gasteiger charge is 2.20. The summed E-state index contributed by atoms with van der Waals surface area (Å²) in [4.78, 5) is 14.4. The summed E-state index contributed by atoms with van der Waals surface area (Å²) in [7, 11) is 0. The van der Waals surface area contributed by atoms with Crippen LogP contribution in [0.25, 0.3) is 0 Å². The first kappa shape index (κ1) is 16.5. The van der Waals surface area contributed by atoms with E-state index < -0.39 is 0 Å². The summed E-state index contributed by atoms with van der Waals surface area (Å²) >= 11 is 0. The maximum absolute atomic E-state index is 11.9. The maximum Gasteiger partial charge on any atom is 0.238 e.